The van der Waals surface area contributed by atoms with Gasteiger partial charge in [0.05, 0.1) is 6.61 Å². The van der Waals surface area contributed by atoms with E-state index in [1.807, 2.05) is 36.4 Å². The van der Waals surface area contributed by atoms with Crippen molar-refractivity contribution in [2.45, 2.75) is 52.4 Å². The van der Waals surface area contributed by atoms with Crippen LogP contribution in [0.15, 0.2) is 66.7 Å². The first-order valence-electron chi connectivity index (χ1n) is 10.8. The maximum Gasteiger partial charge on any atom is 0.131 e. The standard InChI is InChI=1S/C27H31FO/c1-3-5-7-8-21-9-11-22(12-10-21)24-15-18-26(27(28)20-24)23-13-16-25(17-14-23)29-19-6-4-2/h9-18,20H,3-8,19H2,1-2H3. The maximum absolute atomic E-state index is 14.8. The molecule has 3 rings (SSSR count). The van der Waals surface area contributed by atoms with Gasteiger partial charge in [0.2, 0.25) is 0 Å². The molecule has 0 saturated heterocycles. The first-order valence-corrected chi connectivity index (χ1v) is 10.8. The van der Waals surface area contributed by atoms with E-state index >= 15 is 0 Å². The number of rotatable bonds is 10. The second-order valence-electron chi connectivity index (χ2n) is 7.58. The highest BCUT2D eigenvalue weighted by atomic mass is 19.1. The summed E-state index contributed by atoms with van der Waals surface area (Å²) in [5.41, 5.74) is 4.79. The van der Waals surface area contributed by atoms with Gasteiger partial charge in [0, 0.05) is 5.56 Å². The molecule has 3 aromatic carbocycles. The molecule has 0 heterocycles. The molecule has 29 heavy (non-hydrogen) atoms. The highest BCUT2D eigenvalue weighted by Crippen LogP contribution is 2.29. The van der Waals surface area contributed by atoms with E-state index in [4.69, 9.17) is 4.74 Å². The van der Waals surface area contributed by atoms with E-state index in [9.17, 15) is 4.39 Å². The van der Waals surface area contributed by atoms with Gasteiger partial charge in [-0.25, -0.2) is 4.39 Å². The fraction of sp³-hybridized carbons (Fsp3) is 0.333. The molecule has 0 amide bonds. The van der Waals surface area contributed by atoms with Crippen molar-refractivity contribution in [3.63, 3.8) is 0 Å². The molecule has 1 nitrogen and oxygen atoms in total. The van der Waals surface area contributed by atoms with E-state index in [0.717, 1.165) is 48.3 Å². The largest absolute Gasteiger partial charge is 0.494 e. The van der Waals surface area contributed by atoms with Gasteiger partial charge in [0.25, 0.3) is 0 Å². The number of hydrogen-bond donors (Lipinski definition) is 0. The molecule has 0 atom stereocenters. The molecule has 0 aromatic heterocycles. The molecule has 0 unspecified atom stereocenters. The van der Waals surface area contributed by atoms with Crippen molar-refractivity contribution in [2.24, 2.45) is 0 Å². The molecule has 0 spiro atoms. The first-order chi connectivity index (χ1) is 14.2. The summed E-state index contributed by atoms with van der Waals surface area (Å²) >= 11 is 0. The van der Waals surface area contributed by atoms with Crippen LogP contribution >= 0.6 is 0 Å². The summed E-state index contributed by atoms with van der Waals surface area (Å²) in [7, 11) is 0. The number of hydrogen-bond acceptors (Lipinski definition) is 1. The third-order valence-electron chi connectivity index (χ3n) is 5.26. The number of ether oxygens (including phenoxy) is 1. The Hall–Kier alpha value is -2.61. The molecule has 0 aliphatic carbocycles. The zero-order chi connectivity index (χ0) is 20.5. The molecule has 0 aliphatic heterocycles. The van der Waals surface area contributed by atoms with Crippen molar-refractivity contribution in [3.05, 3.63) is 78.1 Å². The topological polar surface area (TPSA) is 9.23 Å². The van der Waals surface area contributed by atoms with Gasteiger partial charge >= 0.3 is 0 Å². The molecule has 0 aliphatic rings. The van der Waals surface area contributed by atoms with E-state index in [1.165, 1.54) is 24.8 Å². The van der Waals surface area contributed by atoms with E-state index in [0.29, 0.717) is 5.56 Å². The molecule has 0 radical (unpaired) electrons. The third-order valence-corrected chi connectivity index (χ3v) is 5.26. The van der Waals surface area contributed by atoms with Gasteiger partial charge in [-0.15, -0.1) is 0 Å². The summed E-state index contributed by atoms with van der Waals surface area (Å²) < 4.78 is 20.5. The van der Waals surface area contributed by atoms with Crippen LogP contribution in [0.1, 0.15) is 51.5 Å². The summed E-state index contributed by atoms with van der Waals surface area (Å²) in [5, 5.41) is 0. The molecule has 0 saturated carbocycles. The highest BCUT2D eigenvalue weighted by molar-refractivity contribution is 5.71. The second kappa shape index (κ2) is 10.8. The van der Waals surface area contributed by atoms with Crippen LogP contribution in [0.3, 0.4) is 0 Å². The van der Waals surface area contributed by atoms with Crippen molar-refractivity contribution in [3.8, 4) is 28.0 Å². The number of halogens is 1. The SMILES string of the molecule is CCCCCc1ccc(-c2ccc(-c3ccc(OCCCC)cc3)c(F)c2)cc1. The fourth-order valence-corrected chi connectivity index (χ4v) is 3.44. The zero-order valence-electron chi connectivity index (χ0n) is 17.6. The lowest BCUT2D eigenvalue weighted by Crippen LogP contribution is -1.96. The average Bonchev–Trinajstić information content (AvgIpc) is 2.75. The minimum Gasteiger partial charge on any atom is -0.494 e. The Kier molecular flexibility index (Phi) is 7.86. The zero-order valence-corrected chi connectivity index (χ0v) is 17.6. The van der Waals surface area contributed by atoms with Crippen LogP contribution in [0.2, 0.25) is 0 Å². The van der Waals surface area contributed by atoms with Gasteiger partial charge in [0.1, 0.15) is 11.6 Å². The Morgan fingerprint density at radius 1 is 0.690 bits per heavy atom. The van der Waals surface area contributed by atoms with Crippen molar-refractivity contribution < 1.29 is 9.13 Å². The Morgan fingerprint density at radius 3 is 2.00 bits per heavy atom. The predicted octanol–water partition coefficient (Wildman–Crippen LogP) is 8.07. The first kappa shape index (κ1) is 21.1. The minimum absolute atomic E-state index is 0.200. The van der Waals surface area contributed by atoms with Crippen molar-refractivity contribution in [2.75, 3.05) is 6.61 Å². The van der Waals surface area contributed by atoms with Gasteiger partial charge in [-0.3, -0.25) is 0 Å². The van der Waals surface area contributed by atoms with Crippen molar-refractivity contribution in [1.82, 2.24) is 0 Å². The average molecular weight is 391 g/mol. The Morgan fingerprint density at radius 2 is 1.34 bits per heavy atom. The van der Waals surface area contributed by atoms with Gasteiger partial charge in [0.15, 0.2) is 0 Å². The maximum atomic E-state index is 14.8. The lowest BCUT2D eigenvalue weighted by Gasteiger charge is -2.09. The quantitative estimate of drug-likeness (QED) is 0.318. The van der Waals surface area contributed by atoms with Crippen molar-refractivity contribution >= 4 is 0 Å². The Labute approximate surface area is 174 Å². The summed E-state index contributed by atoms with van der Waals surface area (Å²) in [5.74, 6) is 0.632. The lowest BCUT2D eigenvalue weighted by atomic mass is 9.98. The van der Waals surface area contributed by atoms with Crippen LogP contribution < -0.4 is 4.74 Å². The minimum atomic E-state index is -0.200. The van der Waals surface area contributed by atoms with Gasteiger partial charge < -0.3 is 4.74 Å². The number of benzene rings is 3. The van der Waals surface area contributed by atoms with E-state index in [-0.39, 0.29) is 5.82 Å². The van der Waals surface area contributed by atoms with Crippen LogP contribution in [0.4, 0.5) is 4.39 Å². The van der Waals surface area contributed by atoms with Crippen LogP contribution in [0.5, 0.6) is 5.75 Å². The summed E-state index contributed by atoms with van der Waals surface area (Å²) in [4.78, 5) is 0. The smallest absolute Gasteiger partial charge is 0.131 e. The summed E-state index contributed by atoms with van der Waals surface area (Å²) in [6.45, 7) is 5.08. The second-order valence-corrected chi connectivity index (χ2v) is 7.58. The van der Waals surface area contributed by atoms with E-state index in [2.05, 4.69) is 38.1 Å². The molecule has 152 valence electrons. The van der Waals surface area contributed by atoms with Crippen LogP contribution in [0.25, 0.3) is 22.3 Å². The Balaban J connectivity index is 1.70. The van der Waals surface area contributed by atoms with E-state index in [1.54, 1.807) is 6.07 Å². The molecular weight excluding hydrogens is 359 g/mol. The Bertz CT molecular complexity index is 881. The number of aryl methyl sites for hydroxylation is 1. The third kappa shape index (κ3) is 5.93. The van der Waals surface area contributed by atoms with Gasteiger partial charge in [-0.2, -0.15) is 0 Å². The number of unbranched alkanes of at least 4 members (excludes halogenated alkanes) is 3. The van der Waals surface area contributed by atoms with E-state index < -0.39 is 0 Å². The lowest BCUT2D eigenvalue weighted by molar-refractivity contribution is 0.309. The van der Waals surface area contributed by atoms with Crippen LogP contribution in [-0.2, 0) is 6.42 Å². The fourth-order valence-electron chi connectivity index (χ4n) is 3.44. The predicted molar refractivity (Wildman–Crippen MR) is 121 cm³/mol. The summed E-state index contributed by atoms with van der Waals surface area (Å²) in [6, 6.07) is 21.7. The molecule has 3 aromatic rings. The van der Waals surface area contributed by atoms with Crippen LogP contribution in [-0.4, -0.2) is 6.61 Å². The highest BCUT2D eigenvalue weighted by Gasteiger charge is 2.08. The summed E-state index contributed by atoms with van der Waals surface area (Å²) in [6.07, 6.45) is 6.98. The van der Waals surface area contributed by atoms with Crippen molar-refractivity contribution in [1.29, 1.82) is 0 Å². The molecular formula is C27H31FO. The van der Waals surface area contributed by atoms with Gasteiger partial charge in [-0.05, 0) is 59.7 Å². The molecule has 0 fully saturated rings. The molecule has 0 N–H and O–H groups in total. The molecule has 2 heteroatoms. The van der Waals surface area contributed by atoms with Crippen LogP contribution in [0, 0.1) is 5.82 Å². The normalized spacial score (nSPS) is 10.9. The molecule has 0 bridgehead atoms. The van der Waals surface area contributed by atoms with Gasteiger partial charge in [-0.1, -0.05) is 81.6 Å². The monoisotopic (exact) mass is 390 g/mol.